The molecular weight excluding hydrogens is 304 g/mol. The van der Waals surface area contributed by atoms with E-state index in [0.29, 0.717) is 24.8 Å². The molecule has 0 aliphatic carbocycles. The molecule has 3 nitrogen and oxygen atoms in total. The predicted molar refractivity (Wildman–Crippen MR) is 80.8 cm³/mol. The van der Waals surface area contributed by atoms with Crippen molar-refractivity contribution >= 4 is 21.8 Å². The minimum atomic E-state index is 0.215. The number of halogens is 1. The van der Waals surface area contributed by atoms with Gasteiger partial charge in [0.25, 0.3) is 0 Å². The van der Waals surface area contributed by atoms with E-state index in [-0.39, 0.29) is 5.91 Å². The Hall–Kier alpha value is -0.870. The standard InChI is InChI=1S/C15H21BrN2O/c1-11-6-7-18(10-13(11)9-17)15(19)8-12-2-4-14(16)5-3-12/h2-5,11,13H,6-10,17H2,1H3. The number of hydrogen-bond donors (Lipinski definition) is 1. The van der Waals surface area contributed by atoms with Gasteiger partial charge in [0.15, 0.2) is 0 Å². The number of carbonyl (C=O) groups excluding carboxylic acids is 1. The zero-order valence-electron chi connectivity index (χ0n) is 11.3. The van der Waals surface area contributed by atoms with Crippen LogP contribution < -0.4 is 5.73 Å². The van der Waals surface area contributed by atoms with E-state index in [4.69, 9.17) is 5.73 Å². The second kappa shape index (κ2) is 6.53. The second-order valence-corrected chi connectivity index (χ2v) is 6.32. The fourth-order valence-electron chi connectivity index (χ4n) is 2.57. The number of nitrogens with zero attached hydrogens (tertiary/aromatic N) is 1. The molecule has 0 aromatic heterocycles. The molecule has 104 valence electrons. The largest absolute Gasteiger partial charge is 0.342 e. The van der Waals surface area contributed by atoms with Crippen LogP contribution in [0.25, 0.3) is 0 Å². The quantitative estimate of drug-likeness (QED) is 0.928. The van der Waals surface area contributed by atoms with E-state index in [0.717, 1.165) is 29.5 Å². The molecule has 1 aliphatic rings. The molecule has 1 aromatic carbocycles. The predicted octanol–water partition coefficient (Wildman–Crippen LogP) is 2.43. The Kier molecular flexibility index (Phi) is 4.99. The van der Waals surface area contributed by atoms with Gasteiger partial charge in [-0.05, 0) is 42.5 Å². The first-order valence-electron chi connectivity index (χ1n) is 6.82. The van der Waals surface area contributed by atoms with Crippen LogP contribution in [-0.4, -0.2) is 30.4 Å². The molecular formula is C15H21BrN2O. The minimum Gasteiger partial charge on any atom is -0.342 e. The third-order valence-corrected chi connectivity index (χ3v) is 4.57. The average molecular weight is 325 g/mol. The lowest BCUT2D eigenvalue weighted by Gasteiger charge is -2.36. The van der Waals surface area contributed by atoms with Crippen LogP contribution in [0.1, 0.15) is 18.9 Å². The highest BCUT2D eigenvalue weighted by molar-refractivity contribution is 9.10. The third kappa shape index (κ3) is 3.80. The van der Waals surface area contributed by atoms with Crippen LogP contribution >= 0.6 is 15.9 Å². The Morgan fingerprint density at radius 2 is 2.11 bits per heavy atom. The maximum Gasteiger partial charge on any atom is 0.226 e. The Labute approximate surface area is 123 Å². The zero-order chi connectivity index (χ0) is 13.8. The molecule has 0 spiro atoms. The molecule has 1 fully saturated rings. The van der Waals surface area contributed by atoms with E-state index in [1.165, 1.54) is 0 Å². The zero-order valence-corrected chi connectivity index (χ0v) is 12.9. The Bertz CT molecular complexity index is 432. The van der Waals surface area contributed by atoms with Gasteiger partial charge in [-0.1, -0.05) is 35.0 Å². The van der Waals surface area contributed by atoms with Gasteiger partial charge in [0.2, 0.25) is 5.91 Å². The summed E-state index contributed by atoms with van der Waals surface area (Å²) < 4.78 is 1.04. The van der Waals surface area contributed by atoms with Gasteiger partial charge in [-0.3, -0.25) is 4.79 Å². The summed E-state index contributed by atoms with van der Waals surface area (Å²) in [5, 5.41) is 0. The van der Waals surface area contributed by atoms with Crippen molar-refractivity contribution in [1.82, 2.24) is 4.90 Å². The molecule has 1 aliphatic heterocycles. The summed E-state index contributed by atoms with van der Waals surface area (Å²) in [6.07, 6.45) is 1.55. The summed E-state index contributed by atoms with van der Waals surface area (Å²) in [5.41, 5.74) is 6.85. The number of likely N-dealkylation sites (tertiary alicyclic amines) is 1. The number of rotatable bonds is 3. The molecule has 2 rings (SSSR count). The van der Waals surface area contributed by atoms with Crippen LogP contribution in [0, 0.1) is 11.8 Å². The second-order valence-electron chi connectivity index (χ2n) is 5.40. The highest BCUT2D eigenvalue weighted by atomic mass is 79.9. The maximum atomic E-state index is 12.3. The fraction of sp³-hybridized carbons (Fsp3) is 0.533. The number of benzene rings is 1. The van der Waals surface area contributed by atoms with Gasteiger partial charge >= 0.3 is 0 Å². The van der Waals surface area contributed by atoms with Crippen molar-refractivity contribution in [2.75, 3.05) is 19.6 Å². The normalized spacial score (nSPS) is 23.4. The van der Waals surface area contributed by atoms with E-state index in [2.05, 4.69) is 22.9 Å². The molecule has 19 heavy (non-hydrogen) atoms. The molecule has 4 heteroatoms. The van der Waals surface area contributed by atoms with Crippen LogP contribution in [0.4, 0.5) is 0 Å². The highest BCUT2D eigenvalue weighted by Gasteiger charge is 2.27. The molecule has 1 heterocycles. The number of piperidine rings is 1. The topological polar surface area (TPSA) is 46.3 Å². The van der Waals surface area contributed by atoms with Crippen molar-refractivity contribution in [3.8, 4) is 0 Å². The van der Waals surface area contributed by atoms with E-state index in [1.54, 1.807) is 0 Å². The highest BCUT2D eigenvalue weighted by Crippen LogP contribution is 2.23. The van der Waals surface area contributed by atoms with Crippen molar-refractivity contribution in [2.24, 2.45) is 17.6 Å². The molecule has 1 saturated heterocycles. The first-order chi connectivity index (χ1) is 9.10. The van der Waals surface area contributed by atoms with E-state index in [1.807, 2.05) is 29.2 Å². The molecule has 1 amide bonds. The van der Waals surface area contributed by atoms with Crippen LogP contribution in [0.3, 0.4) is 0 Å². The molecule has 0 bridgehead atoms. The molecule has 1 aromatic rings. The Balaban J connectivity index is 1.94. The molecule has 2 N–H and O–H groups in total. The third-order valence-electron chi connectivity index (χ3n) is 4.04. The summed E-state index contributed by atoms with van der Waals surface area (Å²) in [6.45, 7) is 4.58. The first kappa shape index (κ1) is 14.5. The number of carbonyl (C=O) groups is 1. The fourth-order valence-corrected chi connectivity index (χ4v) is 2.84. The maximum absolute atomic E-state index is 12.3. The van der Waals surface area contributed by atoms with Gasteiger partial charge in [-0.2, -0.15) is 0 Å². The van der Waals surface area contributed by atoms with Crippen molar-refractivity contribution in [3.05, 3.63) is 34.3 Å². The summed E-state index contributed by atoms with van der Waals surface area (Å²) in [6, 6.07) is 7.94. The Morgan fingerprint density at radius 1 is 1.42 bits per heavy atom. The summed E-state index contributed by atoms with van der Waals surface area (Å²) in [7, 11) is 0. The van der Waals surface area contributed by atoms with Crippen molar-refractivity contribution in [1.29, 1.82) is 0 Å². The first-order valence-corrected chi connectivity index (χ1v) is 7.61. The lowest BCUT2D eigenvalue weighted by Crippen LogP contribution is -2.46. The van der Waals surface area contributed by atoms with Crippen LogP contribution in [0.15, 0.2) is 28.7 Å². The van der Waals surface area contributed by atoms with Gasteiger partial charge in [-0.25, -0.2) is 0 Å². The average Bonchev–Trinajstić information content (AvgIpc) is 2.42. The summed E-state index contributed by atoms with van der Waals surface area (Å²) in [5.74, 6) is 1.29. The number of amides is 1. The van der Waals surface area contributed by atoms with Crippen LogP contribution in [0.2, 0.25) is 0 Å². The van der Waals surface area contributed by atoms with Gasteiger partial charge in [0.1, 0.15) is 0 Å². The SMILES string of the molecule is CC1CCN(C(=O)Cc2ccc(Br)cc2)CC1CN. The van der Waals surface area contributed by atoms with Crippen molar-refractivity contribution in [3.63, 3.8) is 0 Å². The van der Waals surface area contributed by atoms with Gasteiger partial charge in [0, 0.05) is 17.6 Å². The minimum absolute atomic E-state index is 0.215. The molecule has 0 radical (unpaired) electrons. The summed E-state index contributed by atoms with van der Waals surface area (Å²) >= 11 is 3.40. The Morgan fingerprint density at radius 3 is 2.74 bits per heavy atom. The van der Waals surface area contributed by atoms with E-state index >= 15 is 0 Å². The lowest BCUT2D eigenvalue weighted by molar-refractivity contribution is -0.132. The van der Waals surface area contributed by atoms with Crippen LogP contribution in [-0.2, 0) is 11.2 Å². The monoisotopic (exact) mass is 324 g/mol. The lowest BCUT2D eigenvalue weighted by atomic mass is 9.87. The van der Waals surface area contributed by atoms with Gasteiger partial charge in [-0.15, -0.1) is 0 Å². The van der Waals surface area contributed by atoms with Gasteiger partial charge < -0.3 is 10.6 Å². The smallest absolute Gasteiger partial charge is 0.226 e. The number of hydrogen-bond acceptors (Lipinski definition) is 2. The molecule has 0 saturated carbocycles. The van der Waals surface area contributed by atoms with Crippen LogP contribution in [0.5, 0.6) is 0 Å². The molecule has 2 atom stereocenters. The van der Waals surface area contributed by atoms with E-state index < -0.39 is 0 Å². The van der Waals surface area contributed by atoms with Crippen molar-refractivity contribution in [2.45, 2.75) is 19.8 Å². The van der Waals surface area contributed by atoms with Gasteiger partial charge in [0.05, 0.1) is 6.42 Å². The molecule has 2 unspecified atom stereocenters. The van der Waals surface area contributed by atoms with E-state index in [9.17, 15) is 4.79 Å². The van der Waals surface area contributed by atoms with Crippen molar-refractivity contribution < 1.29 is 4.79 Å². The summed E-state index contributed by atoms with van der Waals surface area (Å²) in [4.78, 5) is 14.3. The number of nitrogens with two attached hydrogens (primary N) is 1.